The fraction of sp³-hybridized carbons (Fsp3) is 0.200. The molecule has 0 spiro atoms. The van der Waals surface area contributed by atoms with Gasteiger partial charge in [-0.05, 0) is 48.9 Å². The van der Waals surface area contributed by atoms with Crippen LogP contribution in [0.3, 0.4) is 0 Å². The van der Waals surface area contributed by atoms with Gasteiger partial charge in [-0.3, -0.25) is 10.1 Å². The van der Waals surface area contributed by atoms with Gasteiger partial charge in [0.15, 0.2) is 0 Å². The maximum Gasteiger partial charge on any atom is 0.269 e. The highest BCUT2D eigenvalue weighted by molar-refractivity contribution is 6.31. The van der Waals surface area contributed by atoms with Crippen LogP contribution in [-0.2, 0) is 4.74 Å². The number of aromatic nitrogens is 3. The Labute approximate surface area is 222 Å². The maximum atomic E-state index is 10.9. The summed E-state index contributed by atoms with van der Waals surface area (Å²) in [5.41, 5.74) is 5.27. The van der Waals surface area contributed by atoms with Crippen molar-refractivity contribution < 1.29 is 14.1 Å². The zero-order chi connectivity index (χ0) is 26.5. The van der Waals surface area contributed by atoms with Crippen molar-refractivity contribution in [1.82, 2.24) is 15.0 Å². The Hall–Kier alpha value is -4.55. The zero-order valence-electron chi connectivity index (χ0n) is 20.3. The average Bonchev–Trinajstić information content (AvgIpc) is 3.40. The number of rotatable bonds is 8. The van der Waals surface area contributed by atoms with Crippen LogP contribution in [0.5, 0.6) is 0 Å². The second-order valence-electron chi connectivity index (χ2n) is 8.35. The molecule has 4 aromatic rings. The van der Waals surface area contributed by atoms with Gasteiger partial charge >= 0.3 is 0 Å². The summed E-state index contributed by atoms with van der Waals surface area (Å²) in [5.74, 6) is 2.08. The van der Waals surface area contributed by atoms with Gasteiger partial charge in [0.05, 0.1) is 24.4 Å². The first-order valence-corrected chi connectivity index (χ1v) is 12.1. The van der Waals surface area contributed by atoms with Gasteiger partial charge in [-0.1, -0.05) is 17.7 Å². The van der Waals surface area contributed by atoms with E-state index in [2.05, 4.69) is 30.8 Å². The number of nitrogens with zero attached hydrogens (tertiary/aromatic N) is 6. The molecular weight excluding hydrogens is 512 g/mol. The largest absolute Gasteiger partial charge is 0.455 e. The third-order valence-electron chi connectivity index (χ3n) is 5.69. The molecule has 0 aliphatic carbocycles. The number of nitro benzene ring substituents is 1. The molecule has 2 N–H and O–H groups in total. The zero-order valence-corrected chi connectivity index (χ0v) is 21.1. The number of halogens is 1. The molecule has 2 aromatic carbocycles. The highest BCUT2D eigenvalue weighted by Gasteiger charge is 2.17. The predicted octanol–water partition coefficient (Wildman–Crippen LogP) is 5.03. The third-order valence-corrected chi connectivity index (χ3v) is 6.10. The Morgan fingerprint density at radius 1 is 1.05 bits per heavy atom. The van der Waals surface area contributed by atoms with E-state index in [1.54, 1.807) is 30.3 Å². The molecule has 12 nitrogen and oxygen atoms in total. The number of nitrogens with one attached hydrogen (secondary N) is 2. The number of hydrogen-bond acceptors (Lipinski definition) is 11. The Kier molecular flexibility index (Phi) is 7.43. The topological polar surface area (TPSA) is 144 Å². The highest BCUT2D eigenvalue weighted by Crippen LogP contribution is 2.25. The van der Waals surface area contributed by atoms with Gasteiger partial charge < -0.3 is 19.4 Å². The lowest BCUT2D eigenvalue weighted by atomic mass is 10.1. The van der Waals surface area contributed by atoms with Crippen LogP contribution in [0.25, 0.3) is 11.3 Å². The molecule has 0 saturated carbocycles. The molecule has 13 heteroatoms. The molecule has 1 fully saturated rings. The molecule has 1 aliphatic heterocycles. The molecule has 5 rings (SSSR count). The summed E-state index contributed by atoms with van der Waals surface area (Å²) in [5, 5.41) is 18.9. The molecule has 1 aliphatic rings. The number of ether oxygens (including phenoxy) is 1. The molecule has 2 aromatic heterocycles. The summed E-state index contributed by atoms with van der Waals surface area (Å²) in [6, 6.07) is 15.2. The van der Waals surface area contributed by atoms with E-state index in [4.69, 9.17) is 20.8 Å². The first-order valence-electron chi connectivity index (χ1n) is 11.7. The van der Waals surface area contributed by atoms with Crippen molar-refractivity contribution in [2.45, 2.75) is 6.92 Å². The number of morpholine rings is 1. The lowest BCUT2D eigenvalue weighted by molar-refractivity contribution is -0.384. The maximum absolute atomic E-state index is 10.9. The number of furan rings is 1. The van der Waals surface area contributed by atoms with E-state index >= 15 is 0 Å². The molecule has 0 radical (unpaired) electrons. The van der Waals surface area contributed by atoms with Crippen molar-refractivity contribution in [1.29, 1.82) is 0 Å². The summed E-state index contributed by atoms with van der Waals surface area (Å²) in [6.07, 6.45) is 1.49. The minimum absolute atomic E-state index is 0.0134. The molecule has 0 amide bonds. The van der Waals surface area contributed by atoms with Gasteiger partial charge in [-0.15, -0.1) is 0 Å². The van der Waals surface area contributed by atoms with Crippen LogP contribution in [0.1, 0.15) is 11.3 Å². The van der Waals surface area contributed by atoms with Crippen LogP contribution in [0.2, 0.25) is 5.02 Å². The van der Waals surface area contributed by atoms with Crippen LogP contribution in [0.4, 0.5) is 29.2 Å². The molecule has 38 heavy (non-hydrogen) atoms. The fourth-order valence-corrected chi connectivity index (χ4v) is 3.83. The van der Waals surface area contributed by atoms with Crippen molar-refractivity contribution in [3.05, 3.63) is 81.1 Å². The molecule has 0 unspecified atom stereocenters. The van der Waals surface area contributed by atoms with Crippen molar-refractivity contribution >= 4 is 47.0 Å². The Morgan fingerprint density at radius 2 is 1.82 bits per heavy atom. The van der Waals surface area contributed by atoms with Crippen LogP contribution >= 0.6 is 11.6 Å². The lowest BCUT2D eigenvalue weighted by Gasteiger charge is -2.27. The van der Waals surface area contributed by atoms with E-state index in [-0.39, 0.29) is 11.6 Å². The average molecular weight is 535 g/mol. The monoisotopic (exact) mass is 534 g/mol. The lowest BCUT2D eigenvalue weighted by Crippen LogP contribution is -2.37. The van der Waals surface area contributed by atoms with Crippen molar-refractivity contribution in [3.8, 4) is 11.3 Å². The van der Waals surface area contributed by atoms with Gasteiger partial charge in [-0.2, -0.15) is 20.1 Å². The first kappa shape index (κ1) is 25.1. The van der Waals surface area contributed by atoms with Crippen LogP contribution in [0, 0.1) is 17.0 Å². The van der Waals surface area contributed by atoms with Crippen LogP contribution in [-0.4, -0.2) is 52.4 Å². The molecule has 1 saturated heterocycles. The van der Waals surface area contributed by atoms with E-state index in [1.165, 1.54) is 18.3 Å². The van der Waals surface area contributed by atoms with Gasteiger partial charge in [0.2, 0.25) is 17.8 Å². The molecule has 0 bridgehead atoms. The van der Waals surface area contributed by atoms with E-state index in [0.29, 0.717) is 60.3 Å². The second-order valence-corrected chi connectivity index (χ2v) is 8.75. The SMILES string of the molecule is Cc1ccc(Nc2nc(N/N=C\c3ccc(-c4ccc([N+](=O)[O-])cc4)o3)nc(N3CCOCC3)n2)cc1Cl. The van der Waals surface area contributed by atoms with E-state index < -0.39 is 4.92 Å². The molecular formula is C25H23ClN8O4. The van der Waals surface area contributed by atoms with Gasteiger partial charge in [0.25, 0.3) is 5.69 Å². The minimum Gasteiger partial charge on any atom is -0.455 e. The minimum atomic E-state index is -0.446. The summed E-state index contributed by atoms with van der Waals surface area (Å²) >= 11 is 6.27. The summed E-state index contributed by atoms with van der Waals surface area (Å²) < 4.78 is 11.2. The molecule has 194 valence electrons. The smallest absolute Gasteiger partial charge is 0.269 e. The van der Waals surface area contributed by atoms with E-state index in [1.807, 2.05) is 24.0 Å². The number of non-ortho nitro benzene ring substituents is 1. The van der Waals surface area contributed by atoms with Gasteiger partial charge in [-0.25, -0.2) is 5.43 Å². The number of anilines is 4. The van der Waals surface area contributed by atoms with E-state index in [9.17, 15) is 10.1 Å². The number of benzene rings is 2. The highest BCUT2D eigenvalue weighted by atomic mass is 35.5. The number of hydrazone groups is 1. The van der Waals surface area contributed by atoms with Crippen LogP contribution < -0.4 is 15.6 Å². The Bertz CT molecular complexity index is 1470. The van der Waals surface area contributed by atoms with Crippen LogP contribution in [0.15, 0.2) is 64.1 Å². The second kappa shape index (κ2) is 11.2. The number of nitro groups is 1. The van der Waals surface area contributed by atoms with Gasteiger partial charge in [0.1, 0.15) is 11.5 Å². The quantitative estimate of drug-likeness (QED) is 0.179. The van der Waals surface area contributed by atoms with Gasteiger partial charge in [0, 0.05) is 41.5 Å². The van der Waals surface area contributed by atoms with Crippen molar-refractivity contribution in [3.63, 3.8) is 0 Å². The first-order chi connectivity index (χ1) is 18.4. The third kappa shape index (κ3) is 6.05. The normalized spacial score (nSPS) is 13.6. The summed E-state index contributed by atoms with van der Waals surface area (Å²) in [6.45, 7) is 4.40. The standard InChI is InChI=1S/C25H23ClN8O4/c1-16-2-5-18(14-21(16)26)28-23-29-24(31-25(30-23)33-10-12-37-13-11-33)32-27-15-20-8-9-22(38-20)17-3-6-19(7-4-17)34(35)36/h2-9,14-15H,10-13H2,1H3,(H2,28,29,30,31,32)/b27-15-. The summed E-state index contributed by atoms with van der Waals surface area (Å²) in [4.78, 5) is 25.9. The molecule has 0 atom stereocenters. The van der Waals surface area contributed by atoms with E-state index in [0.717, 1.165) is 11.3 Å². The summed E-state index contributed by atoms with van der Waals surface area (Å²) in [7, 11) is 0. The van der Waals surface area contributed by atoms with Crippen molar-refractivity contribution in [2.24, 2.45) is 5.10 Å². The number of aryl methyl sites for hydroxylation is 1. The predicted molar refractivity (Wildman–Crippen MR) is 144 cm³/mol. The Balaban J connectivity index is 1.33. The fourth-order valence-electron chi connectivity index (χ4n) is 3.65. The molecule has 3 heterocycles. The Morgan fingerprint density at radius 3 is 2.55 bits per heavy atom. The van der Waals surface area contributed by atoms with Crippen molar-refractivity contribution in [2.75, 3.05) is 41.9 Å². The number of hydrogen-bond donors (Lipinski definition) is 2.